The first kappa shape index (κ1) is 28.5. The third-order valence-corrected chi connectivity index (χ3v) is 8.40. The normalized spacial score (nSPS) is 19.7. The minimum absolute atomic E-state index is 0.00538. The number of aromatic nitrogens is 2. The predicted molar refractivity (Wildman–Crippen MR) is 152 cm³/mol. The Kier molecular flexibility index (Phi) is 7.65. The highest BCUT2D eigenvalue weighted by Crippen LogP contribution is 2.53. The van der Waals surface area contributed by atoms with Crippen LogP contribution in [0.25, 0.3) is 11.3 Å². The van der Waals surface area contributed by atoms with Crippen LogP contribution in [-0.2, 0) is 6.18 Å². The molecule has 2 saturated heterocycles. The van der Waals surface area contributed by atoms with Crippen LogP contribution < -0.4 is 25.0 Å². The van der Waals surface area contributed by atoms with Crippen LogP contribution in [0.3, 0.4) is 0 Å². The number of hydrogen-bond acceptors (Lipinski definition) is 7. The second-order valence-electron chi connectivity index (χ2n) is 11.1. The van der Waals surface area contributed by atoms with E-state index in [0.29, 0.717) is 62.0 Å². The number of rotatable bonds is 8. The van der Waals surface area contributed by atoms with Gasteiger partial charge < -0.3 is 25.0 Å². The fourth-order valence-electron chi connectivity index (χ4n) is 6.14. The maximum atomic E-state index is 13.7. The molecule has 0 unspecified atom stereocenters. The zero-order valence-corrected chi connectivity index (χ0v) is 23.8. The van der Waals surface area contributed by atoms with E-state index < -0.39 is 11.7 Å². The number of amides is 1. The van der Waals surface area contributed by atoms with Crippen molar-refractivity contribution in [2.75, 3.05) is 37.7 Å². The summed E-state index contributed by atoms with van der Waals surface area (Å²) < 4.78 is 53.0. The number of hydrogen-bond donors (Lipinski definition) is 2. The van der Waals surface area contributed by atoms with Crippen LogP contribution in [0.5, 0.6) is 11.6 Å². The summed E-state index contributed by atoms with van der Waals surface area (Å²) in [6, 6.07) is 11.4. The second-order valence-corrected chi connectivity index (χ2v) is 11.5. The first-order valence-corrected chi connectivity index (χ1v) is 14.4. The monoisotopic (exact) mass is 601 g/mol. The number of pyridine rings is 2. The maximum Gasteiger partial charge on any atom is 0.419 e. The number of carbonyl (C=O) groups excluding carboxylic acids is 1. The molecular weight excluding hydrogens is 571 g/mol. The summed E-state index contributed by atoms with van der Waals surface area (Å²) in [5.41, 5.74) is 0.550. The SMILES string of the molecule is CCOc1ncccc1-c1ccc(OC2CC3(C2)CN(c2cccc(Cl)c2C(F)(F)F)C3)c(C(=O)N[C@@H]2CCNC2)n1. The number of nitrogens with one attached hydrogen (secondary N) is 2. The van der Waals surface area contributed by atoms with Crippen molar-refractivity contribution in [3.05, 3.63) is 64.9 Å². The van der Waals surface area contributed by atoms with Crippen LogP contribution in [0, 0.1) is 5.41 Å². The van der Waals surface area contributed by atoms with Gasteiger partial charge in [0.05, 0.1) is 34.1 Å². The second kappa shape index (κ2) is 11.3. The van der Waals surface area contributed by atoms with Crippen molar-refractivity contribution in [1.29, 1.82) is 0 Å². The molecule has 3 fully saturated rings. The Balaban J connectivity index is 1.18. The molecule has 1 spiro atoms. The summed E-state index contributed by atoms with van der Waals surface area (Å²) in [5, 5.41) is 5.99. The van der Waals surface area contributed by atoms with Gasteiger partial charge in [-0.1, -0.05) is 17.7 Å². The molecule has 6 rings (SSSR count). The van der Waals surface area contributed by atoms with Crippen molar-refractivity contribution >= 4 is 23.2 Å². The van der Waals surface area contributed by atoms with E-state index in [4.69, 9.17) is 26.1 Å². The van der Waals surface area contributed by atoms with E-state index in [1.165, 1.54) is 18.2 Å². The lowest BCUT2D eigenvalue weighted by atomic mass is 9.61. The van der Waals surface area contributed by atoms with Gasteiger partial charge >= 0.3 is 6.18 Å². The molecule has 12 heteroatoms. The lowest BCUT2D eigenvalue weighted by Gasteiger charge is -2.59. The molecule has 0 bridgehead atoms. The number of ether oxygens (including phenoxy) is 2. The van der Waals surface area contributed by atoms with E-state index in [-0.39, 0.29) is 39.9 Å². The molecule has 1 aliphatic carbocycles. The Labute approximate surface area is 246 Å². The maximum absolute atomic E-state index is 13.7. The van der Waals surface area contributed by atoms with E-state index in [1.54, 1.807) is 29.3 Å². The van der Waals surface area contributed by atoms with Crippen LogP contribution in [0.1, 0.15) is 42.2 Å². The molecule has 1 aromatic carbocycles. The van der Waals surface area contributed by atoms with Gasteiger partial charge in [0.1, 0.15) is 6.10 Å². The van der Waals surface area contributed by atoms with Crippen molar-refractivity contribution in [1.82, 2.24) is 20.6 Å². The Bertz CT molecular complexity index is 1470. The Hall–Kier alpha value is -3.57. The van der Waals surface area contributed by atoms with E-state index >= 15 is 0 Å². The predicted octanol–water partition coefficient (Wildman–Crippen LogP) is 5.35. The first-order valence-electron chi connectivity index (χ1n) is 14.0. The lowest BCUT2D eigenvalue weighted by molar-refractivity contribution is -0.137. The highest BCUT2D eigenvalue weighted by molar-refractivity contribution is 6.31. The van der Waals surface area contributed by atoms with E-state index in [0.717, 1.165) is 13.0 Å². The average Bonchev–Trinajstić information content (AvgIpc) is 3.42. The molecule has 1 saturated carbocycles. The molecule has 3 aliphatic rings. The summed E-state index contributed by atoms with van der Waals surface area (Å²) in [7, 11) is 0. The summed E-state index contributed by atoms with van der Waals surface area (Å²) in [6.45, 7) is 4.78. The molecule has 0 radical (unpaired) electrons. The third-order valence-electron chi connectivity index (χ3n) is 8.08. The minimum Gasteiger partial charge on any atom is -0.488 e. The number of alkyl halides is 3. The van der Waals surface area contributed by atoms with Gasteiger partial charge in [0.15, 0.2) is 11.4 Å². The number of anilines is 1. The topological polar surface area (TPSA) is 88.6 Å². The van der Waals surface area contributed by atoms with Crippen LogP contribution in [0.4, 0.5) is 18.9 Å². The van der Waals surface area contributed by atoms with Crippen LogP contribution in [0.2, 0.25) is 5.02 Å². The van der Waals surface area contributed by atoms with Gasteiger partial charge in [0.2, 0.25) is 5.88 Å². The Morgan fingerprint density at radius 3 is 2.71 bits per heavy atom. The molecule has 2 aromatic heterocycles. The molecule has 42 heavy (non-hydrogen) atoms. The smallest absolute Gasteiger partial charge is 0.419 e. The number of halogens is 4. The number of carbonyl (C=O) groups is 1. The van der Waals surface area contributed by atoms with Crippen LogP contribution in [0.15, 0.2) is 48.7 Å². The zero-order chi connectivity index (χ0) is 29.5. The summed E-state index contributed by atoms with van der Waals surface area (Å²) in [6.07, 6.45) is -0.931. The van der Waals surface area contributed by atoms with Crippen molar-refractivity contribution in [3.8, 4) is 22.9 Å². The lowest BCUT2D eigenvalue weighted by Crippen LogP contribution is -2.65. The van der Waals surface area contributed by atoms with Crippen molar-refractivity contribution in [2.24, 2.45) is 5.41 Å². The molecule has 2 N–H and O–H groups in total. The van der Waals surface area contributed by atoms with Crippen molar-refractivity contribution in [2.45, 2.75) is 44.5 Å². The standard InChI is InChI=1S/C30H31ClF3N5O3/c1-2-41-28-20(5-4-11-36-28)22-8-9-24(26(38-22)27(40)37-18-10-12-35-15-18)42-19-13-29(14-19)16-39(17-29)23-7-3-6-21(31)25(23)30(32,33)34/h3-9,11,18-19,35H,2,10,12-17H2,1H3,(H,37,40)/t18-/m1/s1. The summed E-state index contributed by atoms with van der Waals surface area (Å²) in [4.78, 5) is 24.1. The Morgan fingerprint density at radius 2 is 2.00 bits per heavy atom. The zero-order valence-electron chi connectivity index (χ0n) is 23.0. The quantitative estimate of drug-likeness (QED) is 0.360. The summed E-state index contributed by atoms with van der Waals surface area (Å²) in [5.74, 6) is 0.470. The molecular formula is C30H31ClF3N5O3. The van der Waals surface area contributed by atoms with Crippen molar-refractivity contribution < 1.29 is 27.4 Å². The molecule has 222 valence electrons. The van der Waals surface area contributed by atoms with E-state index in [1.807, 2.05) is 13.0 Å². The fraction of sp³-hybridized carbons (Fsp3) is 0.433. The highest BCUT2D eigenvalue weighted by Gasteiger charge is 2.55. The fourth-order valence-corrected chi connectivity index (χ4v) is 6.42. The molecule has 8 nitrogen and oxygen atoms in total. The highest BCUT2D eigenvalue weighted by atomic mass is 35.5. The average molecular weight is 602 g/mol. The van der Waals surface area contributed by atoms with Gasteiger partial charge in [-0.05, 0) is 69.1 Å². The van der Waals surface area contributed by atoms with Crippen LogP contribution >= 0.6 is 11.6 Å². The summed E-state index contributed by atoms with van der Waals surface area (Å²) >= 11 is 5.92. The molecule has 1 amide bonds. The molecule has 2 aliphatic heterocycles. The first-order chi connectivity index (χ1) is 20.2. The molecule has 3 aromatic rings. The third kappa shape index (κ3) is 5.59. The minimum atomic E-state index is -4.54. The van der Waals surface area contributed by atoms with Gasteiger partial charge in [-0.25, -0.2) is 9.97 Å². The van der Waals surface area contributed by atoms with E-state index in [2.05, 4.69) is 15.6 Å². The molecule has 1 atom stereocenters. The van der Waals surface area contributed by atoms with E-state index in [9.17, 15) is 18.0 Å². The van der Waals surface area contributed by atoms with Gasteiger partial charge in [0, 0.05) is 37.3 Å². The van der Waals surface area contributed by atoms with Gasteiger partial charge in [-0.3, -0.25) is 4.79 Å². The van der Waals surface area contributed by atoms with Gasteiger partial charge in [0.25, 0.3) is 5.91 Å². The largest absolute Gasteiger partial charge is 0.488 e. The van der Waals surface area contributed by atoms with Crippen LogP contribution in [-0.4, -0.2) is 60.8 Å². The van der Waals surface area contributed by atoms with Gasteiger partial charge in [-0.2, -0.15) is 13.2 Å². The Morgan fingerprint density at radius 1 is 1.19 bits per heavy atom. The number of nitrogens with zero attached hydrogens (tertiary/aromatic N) is 3. The number of benzene rings is 1. The molecule has 4 heterocycles. The van der Waals surface area contributed by atoms with Crippen molar-refractivity contribution in [3.63, 3.8) is 0 Å². The van der Waals surface area contributed by atoms with Gasteiger partial charge in [-0.15, -0.1) is 0 Å².